The fourth-order valence-corrected chi connectivity index (χ4v) is 4.26. The Kier molecular flexibility index (Phi) is 4.96. The van der Waals surface area contributed by atoms with E-state index in [0.29, 0.717) is 0 Å². The standard InChI is InChI=1S/C20H30N2O3/c1-6-7-16-17(25-16)18(20(2)12-13-21(3)19(20)23)22(4)14-8-10-15(24-5)11-9-14/h8-11,16-18H,6-7,12-13H2,1-5H3/t16-,17+,18?,20?/m0/s1. The lowest BCUT2D eigenvalue weighted by Gasteiger charge is -2.39. The molecule has 2 saturated heterocycles. The summed E-state index contributed by atoms with van der Waals surface area (Å²) in [5.74, 6) is 1.06. The number of nitrogens with zero attached hydrogens (tertiary/aromatic N) is 2. The number of carbonyl (C=O) groups is 1. The Hall–Kier alpha value is -1.75. The van der Waals surface area contributed by atoms with Crippen LogP contribution in [-0.4, -0.2) is 56.8 Å². The second-order valence-electron chi connectivity index (χ2n) is 7.58. The molecular weight excluding hydrogens is 316 g/mol. The summed E-state index contributed by atoms with van der Waals surface area (Å²) in [6.07, 6.45) is 3.41. The van der Waals surface area contributed by atoms with Gasteiger partial charge >= 0.3 is 0 Å². The number of benzene rings is 1. The van der Waals surface area contributed by atoms with Crippen molar-refractivity contribution >= 4 is 11.6 Å². The van der Waals surface area contributed by atoms with Gasteiger partial charge in [0.1, 0.15) is 11.9 Å². The second kappa shape index (κ2) is 6.87. The third-order valence-corrected chi connectivity index (χ3v) is 5.86. The summed E-state index contributed by atoms with van der Waals surface area (Å²) in [7, 11) is 5.65. The topological polar surface area (TPSA) is 45.3 Å². The zero-order valence-corrected chi connectivity index (χ0v) is 16.0. The van der Waals surface area contributed by atoms with Gasteiger partial charge in [-0.1, -0.05) is 13.3 Å². The van der Waals surface area contributed by atoms with Crippen LogP contribution >= 0.6 is 0 Å². The zero-order chi connectivity index (χ0) is 18.2. The molecule has 0 aliphatic carbocycles. The van der Waals surface area contributed by atoms with Crippen molar-refractivity contribution in [2.24, 2.45) is 5.41 Å². The second-order valence-corrected chi connectivity index (χ2v) is 7.58. The van der Waals surface area contributed by atoms with E-state index < -0.39 is 5.41 Å². The van der Waals surface area contributed by atoms with Gasteiger partial charge in [0.15, 0.2) is 0 Å². The van der Waals surface area contributed by atoms with Crippen molar-refractivity contribution in [1.82, 2.24) is 4.90 Å². The molecule has 138 valence electrons. The van der Waals surface area contributed by atoms with Crippen molar-refractivity contribution in [3.05, 3.63) is 24.3 Å². The van der Waals surface area contributed by atoms with E-state index in [4.69, 9.17) is 9.47 Å². The minimum Gasteiger partial charge on any atom is -0.497 e. The summed E-state index contributed by atoms with van der Waals surface area (Å²) in [4.78, 5) is 17.0. The number of ether oxygens (including phenoxy) is 2. The number of amides is 1. The monoisotopic (exact) mass is 346 g/mol. The van der Waals surface area contributed by atoms with E-state index in [1.165, 1.54) is 0 Å². The Balaban J connectivity index is 1.89. The molecule has 2 aliphatic rings. The number of carbonyl (C=O) groups excluding carboxylic acids is 1. The van der Waals surface area contributed by atoms with Gasteiger partial charge in [-0.2, -0.15) is 0 Å². The zero-order valence-electron chi connectivity index (χ0n) is 16.0. The molecule has 1 aromatic carbocycles. The lowest BCUT2D eigenvalue weighted by molar-refractivity contribution is -0.135. The van der Waals surface area contributed by atoms with Crippen molar-refractivity contribution in [1.29, 1.82) is 0 Å². The average Bonchev–Trinajstić information content (AvgIpc) is 3.32. The molecule has 5 heteroatoms. The van der Waals surface area contributed by atoms with Crippen LogP contribution in [0, 0.1) is 5.41 Å². The van der Waals surface area contributed by atoms with Crippen molar-refractivity contribution in [3.8, 4) is 5.75 Å². The van der Waals surface area contributed by atoms with Gasteiger partial charge in [-0.25, -0.2) is 0 Å². The highest BCUT2D eigenvalue weighted by Crippen LogP contribution is 2.46. The summed E-state index contributed by atoms with van der Waals surface area (Å²) in [5, 5.41) is 0. The van der Waals surface area contributed by atoms with Crippen LogP contribution in [-0.2, 0) is 9.53 Å². The van der Waals surface area contributed by atoms with Crippen LogP contribution < -0.4 is 9.64 Å². The molecule has 3 rings (SSSR count). The van der Waals surface area contributed by atoms with E-state index in [1.807, 2.05) is 24.1 Å². The number of epoxide rings is 1. The van der Waals surface area contributed by atoms with Crippen LogP contribution in [0.4, 0.5) is 5.69 Å². The lowest BCUT2D eigenvalue weighted by atomic mass is 9.77. The molecule has 0 saturated carbocycles. The fraction of sp³-hybridized carbons (Fsp3) is 0.650. The molecule has 2 unspecified atom stereocenters. The maximum atomic E-state index is 12.9. The Bertz CT molecular complexity index is 618. The van der Waals surface area contributed by atoms with Gasteiger partial charge in [-0.15, -0.1) is 0 Å². The molecule has 4 atom stereocenters. The first-order chi connectivity index (χ1) is 11.9. The Morgan fingerprint density at radius 1 is 1.40 bits per heavy atom. The predicted octanol–water partition coefficient (Wildman–Crippen LogP) is 2.94. The summed E-state index contributed by atoms with van der Waals surface area (Å²) >= 11 is 0. The highest BCUT2D eigenvalue weighted by molar-refractivity contribution is 5.86. The van der Waals surface area contributed by atoms with E-state index in [2.05, 4.69) is 37.9 Å². The average molecular weight is 346 g/mol. The van der Waals surface area contributed by atoms with Gasteiger partial charge in [-0.05, 0) is 44.0 Å². The highest BCUT2D eigenvalue weighted by Gasteiger charge is 2.58. The number of likely N-dealkylation sites (tertiary alicyclic amines) is 1. The minimum atomic E-state index is -0.420. The largest absolute Gasteiger partial charge is 0.497 e. The number of methoxy groups -OCH3 is 1. The van der Waals surface area contributed by atoms with Gasteiger partial charge in [0.05, 0.1) is 24.7 Å². The van der Waals surface area contributed by atoms with Gasteiger partial charge in [0.25, 0.3) is 0 Å². The first-order valence-electron chi connectivity index (χ1n) is 9.20. The molecule has 2 fully saturated rings. The smallest absolute Gasteiger partial charge is 0.230 e. The first kappa shape index (κ1) is 18.1. The highest BCUT2D eigenvalue weighted by atomic mass is 16.6. The van der Waals surface area contributed by atoms with E-state index in [0.717, 1.165) is 37.2 Å². The molecule has 2 aliphatic heterocycles. The Morgan fingerprint density at radius 3 is 2.60 bits per heavy atom. The van der Waals surface area contributed by atoms with Crippen molar-refractivity contribution in [2.75, 3.05) is 32.6 Å². The normalized spacial score (nSPS) is 29.6. The summed E-state index contributed by atoms with van der Waals surface area (Å²) in [6, 6.07) is 8.07. The van der Waals surface area contributed by atoms with E-state index in [1.54, 1.807) is 7.11 Å². The van der Waals surface area contributed by atoms with Crippen LogP contribution in [0.1, 0.15) is 33.1 Å². The van der Waals surface area contributed by atoms with Crippen LogP contribution in [0.25, 0.3) is 0 Å². The summed E-state index contributed by atoms with van der Waals surface area (Å²) in [5.41, 5.74) is 0.663. The van der Waals surface area contributed by atoms with E-state index in [-0.39, 0.29) is 24.2 Å². The van der Waals surface area contributed by atoms with Crippen LogP contribution in [0.2, 0.25) is 0 Å². The Labute approximate surface area is 150 Å². The minimum absolute atomic E-state index is 0.0369. The SMILES string of the molecule is CCC[C@@H]1O[C@H]1C(N(C)c1ccc(OC)cc1)C1(C)CCN(C)C1=O. The summed E-state index contributed by atoms with van der Waals surface area (Å²) in [6.45, 7) is 5.10. The number of hydrogen-bond acceptors (Lipinski definition) is 4. The van der Waals surface area contributed by atoms with Crippen molar-refractivity contribution in [3.63, 3.8) is 0 Å². The third-order valence-electron chi connectivity index (χ3n) is 5.86. The number of hydrogen-bond donors (Lipinski definition) is 0. The third kappa shape index (κ3) is 3.22. The molecule has 0 bridgehead atoms. The molecule has 0 radical (unpaired) electrons. The van der Waals surface area contributed by atoms with Gasteiger partial charge in [0, 0.05) is 26.3 Å². The number of rotatable bonds is 7. The maximum absolute atomic E-state index is 12.9. The number of anilines is 1. The van der Waals surface area contributed by atoms with Gasteiger partial charge < -0.3 is 19.3 Å². The molecular formula is C20H30N2O3. The van der Waals surface area contributed by atoms with Crippen LogP contribution in [0.15, 0.2) is 24.3 Å². The molecule has 1 amide bonds. The molecule has 25 heavy (non-hydrogen) atoms. The molecule has 2 heterocycles. The van der Waals surface area contributed by atoms with Crippen LogP contribution in [0.3, 0.4) is 0 Å². The predicted molar refractivity (Wildman–Crippen MR) is 99.1 cm³/mol. The summed E-state index contributed by atoms with van der Waals surface area (Å²) < 4.78 is 11.3. The van der Waals surface area contributed by atoms with Crippen molar-refractivity contribution < 1.29 is 14.3 Å². The van der Waals surface area contributed by atoms with Crippen LogP contribution in [0.5, 0.6) is 5.75 Å². The molecule has 0 aromatic heterocycles. The van der Waals surface area contributed by atoms with Gasteiger partial charge in [0.2, 0.25) is 5.91 Å². The van der Waals surface area contributed by atoms with E-state index in [9.17, 15) is 4.79 Å². The van der Waals surface area contributed by atoms with Crippen molar-refractivity contribution in [2.45, 2.75) is 51.4 Å². The fourth-order valence-electron chi connectivity index (χ4n) is 4.26. The molecule has 1 aromatic rings. The molecule has 0 spiro atoms. The maximum Gasteiger partial charge on any atom is 0.230 e. The first-order valence-corrected chi connectivity index (χ1v) is 9.20. The quantitative estimate of drug-likeness (QED) is 0.712. The number of likely N-dealkylation sites (N-methyl/N-ethyl adjacent to an activating group) is 1. The molecule has 5 nitrogen and oxygen atoms in total. The van der Waals surface area contributed by atoms with Gasteiger partial charge in [-0.3, -0.25) is 4.79 Å². The molecule has 0 N–H and O–H groups in total. The Morgan fingerprint density at radius 2 is 2.08 bits per heavy atom. The van der Waals surface area contributed by atoms with E-state index >= 15 is 0 Å². The lowest BCUT2D eigenvalue weighted by Crippen LogP contribution is -2.52.